The van der Waals surface area contributed by atoms with E-state index in [4.69, 9.17) is 17.0 Å². The Morgan fingerprint density at radius 3 is 2.65 bits per heavy atom. The van der Waals surface area contributed by atoms with Crippen LogP contribution >= 0.6 is 23.6 Å². The number of aromatic nitrogens is 1. The molecule has 0 aliphatic carbocycles. The first-order chi connectivity index (χ1) is 16.7. The number of morpholine rings is 1. The van der Waals surface area contributed by atoms with E-state index in [0.29, 0.717) is 18.2 Å². The van der Waals surface area contributed by atoms with Gasteiger partial charge in [-0.25, -0.2) is 4.98 Å². The number of thiocarbonyl (C=S) groups is 1. The van der Waals surface area contributed by atoms with Crippen LogP contribution in [0.4, 0.5) is 5.82 Å². The van der Waals surface area contributed by atoms with E-state index in [-0.39, 0.29) is 12.5 Å². The van der Waals surface area contributed by atoms with E-state index in [1.807, 2.05) is 23.1 Å². The Hall–Kier alpha value is -2.27. The molecule has 2 aliphatic rings. The summed E-state index contributed by atoms with van der Waals surface area (Å²) < 4.78 is 5.45. The first-order valence-electron chi connectivity index (χ1n) is 12.0. The number of piperazine rings is 1. The SMILES string of the molecule is O=C(CNC(=S)N(CCCN1CCOCC1)Cc1cccs1)N1CCN(c2ccccn2)CC1. The summed E-state index contributed by atoms with van der Waals surface area (Å²) in [6.45, 7) is 9.49. The maximum absolute atomic E-state index is 12.8. The molecule has 0 aromatic carbocycles. The molecule has 0 bridgehead atoms. The smallest absolute Gasteiger partial charge is 0.242 e. The Balaban J connectivity index is 1.23. The third kappa shape index (κ3) is 7.36. The van der Waals surface area contributed by atoms with Gasteiger partial charge in [0.15, 0.2) is 5.11 Å². The molecule has 34 heavy (non-hydrogen) atoms. The summed E-state index contributed by atoms with van der Waals surface area (Å²) in [7, 11) is 0. The van der Waals surface area contributed by atoms with Crippen molar-refractivity contribution >= 4 is 40.4 Å². The van der Waals surface area contributed by atoms with Gasteiger partial charge in [-0.1, -0.05) is 12.1 Å². The summed E-state index contributed by atoms with van der Waals surface area (Å²) in [6, 6.07) is 10.1. The minimum atomic E-state index is 0.0902. The molecule has 184 valence electrons. The van der Waals surface area contributed by atoms with Crippen molar-refractivity contribution in [2.75, 3.05) is 77.0 Å². The molecule has 2 saturated heterocycles. The minimum Gasteiger partial charge on any atom is -0.379 e. The Bertz CT molecular complexity index is 884. The van der Waals surface area contributed by atoms with E-state index < -0.39 is 0 Å². The molecular formula is C24H34N6O2S2. The number of ether oxygens (including phenoxy) is 1. The van der Waals surface area contributed by atoms with Crippen molar-refractivity contribution in [1.82, 2.24) is 25.0 Å². The lowest BCUT2D eigenvalue weighted by atomic mass is 10.3. The van der Waals surface area contributed by atoms with Gasteiger partial charge in [0, 0.05) is 63.4 Å². The van der Waals surface area contributed by atoms with Crippen LogP contribution in [0, 0.1) is 0 Å². The standard InChI is InChI=1S/C24H34N6O2S2/c31-23(29-12-10-28(11-13-29)22-6-1-2-7-25-22)19-26-24(33)30(20-21-5-3-18-34-21)9-4-8-27-14-16-32-17-15-27/h1-3,5-7,18H,4,8-17,19-20H2,(H,26,33). The van der Waals surface area contributed by atoms with Gasteiger partial charge in [0.1, 0.15) is 5.82 Å². The average Bonchev–Trinajstić information content (AvgIpc) is 3.41. The zero-order chi connectivity index (χ0) is 23.6. The van der Waals surface area contributed by atoms with Crippen molar-refractivity contribution in [3.8, 4) is 0 Å². The molecule has 1 amide bonds. The lowest BCUT2D eigenvalue weighted by Gasteiger charge is -2.35. The highest BCUT2D eigenvalue weighted by Crippen LogP contribution is 2.14. The molecule has 2 aromatic rings. The Labute approximate surface area is 211 Å². The molecule has 0 radical (unpaired) electrons. The highest BCUT2D eigenvalue weighted by Gasteiger charge is 2.22. The zero-order valence-corrected chi connectivity index (χ0v) is 21.2. The summed E-state index contributed by atoms with van der Waals surface area (Å²) in [5, 5.41) is 5.97. The Morgan fingerprint density at radius 2 is 1.94 bits per heavy atom. The number of rotatable bonds is 9. The monoisotopic (exact) mass is 502 g/mol. The van der Waals surface area contributed by atoms with Crippen LogP contribution in [0.2, 0.25) is 0 Å². The summed E-state index contributed by atoms with van der Waals surface area (Å²) in [4.78, 5) is 27.3. The van der Waals surface area contributed by atoms with Gasteiger partial charge in [0.25, 0.3) is 0 Å². The molecule has 8 nitrogen and oxygen atoms in total. The highest BCUT2D eigenvalue weighted by molar-refractivity contribution is 7.80. The molecule has 0 atom stereocenters. The van der Waals surface area contributed by atoms with E-state index in [0.717, 1.165) is 71.3 Å². The fourth-order valence-electron chi connectivity index (χ4n) is 4.25. The van der Waals surface area contributed by atoms with Crippen molar-refractivity contribution in [2.45, 2.75) is 13.0 Å². The second-order valence-electron chi connectivity index (χ2n) is 8.52. The highest BCUT2D eigenvalue weighted by atomic mass is 32.1. The summed E-state index contributed by atoms with van der Waals surface area (Å²) in [6.07, 6.45) is 2.83. The van der Waals surface area contributed by atoms with Gasteiger partial charge in [-0.05, 0) is 42.2 Å². The summed E-state index contributed by atoms with van der Waals surface area (Å²) >= 11 is 7.45. The molecule has 4 rings (SSSR count). The lowest BCUT2D eigenvalue weighted by Crippen LogP contribution is -2.52. The van der Waals surface area contributed by atoms with Gasteiger partial charge in [0.05, 0.1) is 26.3 Å². The van der Waals surface area contributed by atoms with Gasteiger partial charge < -0.3 is 24.8 Å². The first-order valence-corrected chi connectivity index (χ1v) is 13.3. The molecule has 10 heteroatoms. The van der Waals surface area contributed by atoms with Crippen LogP contribution in [0.5, 0.6) is 0 Å². The van der Waals surface area contributed by atoms with Crippen LogP contribution in [-0.2, 0) is 16.1 Å². The number of thiophene rings is 1. The molecule has 4 heterocycles. The molecule has 2 aromatic heterocycles. The van der Waals surface area contributed by atoms with Crippen LogP contribution < -0.4 is 10.2 Å². The normalized spacial score (nSPS) is 16.9. The van der Waals surface area contributed by atoms with Crippen LogP contribution in [0.25, 0.3) is 0 Å². The Morgan fingerprint density at radius 1 is 1.12 bits per heavy atom. The van der Waals surface area contributed by atoms with Gasteiger partial charge in [-0.3, -0.25) is 9.69 Å². The van der Waals surface area contributed by atoms with Crippen LogP contribution in [0.3, 0.4) is 0 Å². The fraction of sp³-hybridized carbons (Fsp3) is 0.542. The molecular weight excluding hydrogens is 468 g/mol. The number of hydrogen-bond donors (Lipinski definition) is 1. The number of pyridine rings is 1. The van der Waals surface area contributed by atoms with Crippen molar-refractivity contribution in [3.05, 3.63) is 46.8 Å². The van der Waals surface area contributed by atoms with Crippen molar-refractivity contribution < 1.29 is 9.53 Å². The van der Waals surface area contributed by atoms with Crippen LogP contribution in [0.1, 0.15) is 11.3 Å². The van der Waals surface area contributed by atoms with E-state index in [9.17, 15) is 4.79 Å². The van der Waals surface area contributed by atoms with E-state index in [1.54, 1.807) is 17.5 Å². The van der Waals surface area contributed by atoms with E-state index in [1.165, 1.54) is 4.88 Å². The topological polar surface area (TPSA) is 64.2 Å². The molecule has 0 spiro atoms. The fourth-order valence-corrected chi connectivity index (χ4v) is 5.20. The third-order valence-corrected chi connectivity index (χ3v) is 7.48. The molecule has 2 fully saturated rings. The average molecular weight is 503 g/mol. The van der Waals surface area contributed by atoms with Gasteiger partial charge >= 0.3 is 0 Å². The van der Waals surface area contributed by atoms with Crippen LogP contribution in [0.15, 0.2) is 41.9 Å². The predicted molar refractivity (Wildman–Crippen MR) is 140 cm³/mol. The van der Waals surface area contributed by atoms with Crippen molar-refractivity contribution in [2.24, 2.45) is 0 Å². The maximum Gasteiger partial charge on any atom is 0.242 e. The number of anilines is 1. The van der Waals surface area contributed by atoms with Crippen molar-refractivity contribution in [3.63, 3.8) is 0 Å². The lowest BCUT2D eigenvalue weighted by molar-refractivity contribution is -0.130. The van der Waals surface area contributed by atoms with Gasteiger partial charge in [-0.15, -0.1) is 11.3 Å². The number of amides is 1. The number of carbonyl (C=O) groups is 1. The maximum atomic E-state index is 12.8. The molecule has 1 N–H and O–H groups in total. The Kier molecular flexibility index (Phi) is 9.49. The summed E-state index contributed by atoms with van der Waals surface area (Å²) in [5.41, 5.74) is 0. The van der Waals surface area contributed by atoms with E-state index >= 15 is 0 Å². The summed E-state index contributed by atoms with van der Waals surface area (Å²) in [5.74, 6) is 1.06. The number of hydrogen-bond acceptors (Lipinski definition) is 7. The second-order valence-corrected chi connectivity index (χ2v) is 9.94. The zero-order valence-electron chi connectivity index (χ0n) is 19.6. The molecule has 0 unspecified atom stereocenters. The number of carbonyl (C=O) groups excluding carboxylic acids is 1. The van der Waals surface area contributed by atoms with E-state index in [2.05, 4.69) is 42.5 Å². The molecule has 0 saturated carbocycles. The minimum absolute atomic E-state index is 0.0902. The van der Waals surface area contributed by atoms with Gasteiger partial charge in [0.2, 0.25) is 5.91 Å². The van der Waals surface area contributed by atoms with Crippen LogP contribution in [-0.4, -0.2) is 103 Å². The largest absolute Gasteiger partial charge is 0.379 e. The van der Waals surface area contributed by atoms with Crippen molar-refractivity contribution in [1.29, 1.82) is 0 Å². The van der Waals surface area contributed by atoms with Gasteiger partial charge in [-0.2, -0.15) is 0 Å². The second kappa shape index (κ2) is 13.0. The quantitative estimate of drug-likeness (QED) is 0.522. The third-order valence-electron chi connectivity index (χ3n) is 6.22. The number of nitrogens with one attached hydrogen (secondary N) is 1. The molecule has 2 aliphatic heterocycles. The first kappa shape index (κ1) is 24.8. The predicted octanol–water partition coefficient (Wildman–Crippen LogP) is 1.89. The number of nitrogens with zero attached hydrogens (tertiary/aromatic N) is 5.